The summed E-state index contributed by atoms with van der Waals surface area (Å²) in [4.78, 5) is 26.1. The summed E-state index contributed by atoms with van der Waals surface area (Å²) in [6.45, 7) is 3.24. The largest absolute Gasteiger partial charge is 0.476 e. The molecule has 0 saturated heterocycles. The Hall–Kier alpha value is -4.04. The molecule has 0 radical (unpaired) electrons. The second-order valence-electron chi connectivity index (χ2n) is 7.50. The molecule has 5 rings (SSSR count). The SMILES string of the molecule is Cc1ccc(C(=O)Nc2cccc(C3=NCCO3)c2)cc1Nc1nc(-c2cccnc2)cs1. The van der Waals surface area contributed by atoms with E-state index in [0.717, 1.165) is 33.2 Å². The van der Waals surface area contributed by atoms with E-state index in [0.29, 0.717) is 30.3 Å². The van der Waals surface area contributed by atoms with E-state index in [2.05, 4.69) is 25.6 Å². The number of nitrogens with zero attached hydrogens (tertiary/aromatic N) is 3. The molecule has 0 unspecified atom stereocenters. The molecule has 0 bridgehead atoms. The minimum Gasteiger partial charge on any atom is -0.476 e. The molecule has 0 atom stereocenters. The number of thiazole rings is 1. The Bertz CT molecular complexity index is 1330. The first kappa shape index (κ1) is 20.8. The van der Waals surface area contributed by atoms with Gasteiger partial charge in [0.05, 0.1) is 12.2 Å². The number of nitrogens with one attached hydrogen (secondary N) is 2. The van der Waals surface area contributed by atoms with Gasteiger partial charge >= 0.3 is 0 Å². The van der Waals surface area contributed by atoms with E-state index in [4.69, 9.17) is 4.74 Å². The normalized spacial score (nSPS) is 12.7. The Labute approximate surface area is 195 Å². The molecule has 3 heterocycles. The number of amides is 1. The Balaban J connectivity index is 1.32. The standard InChI is InChI=1S/C25H21N5O2S/c1-16-7-8-17(23(31)28-20-6-2-4-18(12-20)24-27-10-11-32-24)13-21(16)29-25-30-22(15-33-25)19-5-3-9-26-14-19/h2-9,12-15H,10-11H2,1H3,(H,28,31)(H,29,30). The van der Waals surface area contributed by atoms with Gasteiger partial charge in [-0.3, -0.25) is 9.78 Å². The van der Waals surface area contributed by atoms with E-state index in [9.17, 15) is 4.79 Å². The fraction of sp³-hybridized carbons (Fsp3) is 0.120. The number of carbonyl (C=O) groups is 1. The van der Waals surface area contributed by atoms with Crippen molar-refractivity contribution in [3.8, 4) is 11.3 Å². The van der Waals surface area contributed by atoms with E-state index < -0.39 is 0 Å². The topological polar surface area (TPSA) is 88.5 Å². The van der Waals surface area contributed by atoms with Gasteiger partial charge in [0, 0.05) is 45.8 Å². The van der Waals surface area contributed by atoms with Crippen LogP contribution in [0.1, 0.15) is 21.5 Å². The van der Waals surface area contributed by atoms with E-state index in [1.165, 1.54) is 11.3 Å². The quantitative estimate of drug-likeness (QED) is 0.413. The lowest BCUT2D eigenvalue weighted by atomic mass is 10.1. The number of aryl methyl sites for hydroxylation is 1. The molecular formula is C25H21N5O2S. The molecule has 0 fully saturated rings. The van der Waals surface area contributed by atoms with Crippen molar-refractivity contribution < 1.29 is 9.53 Å². The van der Waals surface area contributed by atoms with Crippen LogP contribution in [0.5, 0.6) is 0 Å². The Kier molecular flexibility index (Phi) is 5.82. The Morgan fingerprint density at radius 1 is 1.09 bits per heavy atom. The van der Waals surface area contributed by atoms with Crippen LogP contribution in [-0.4, -0.2) is 34.9 Å². The molecule has 2 aromatic heterocycles. The van der Waals surface area contributed by atoms with E-state index in [1.54, 1.807) is 12.4 Å². The monoisotopic (exact) mass is 455 g/mol. The summed E-state index contributed by atoms with van der Waals surface area (Å²) in [5.74, 6) is 0.418. The van der Waals surface area contributed by atoms with Gasteiger partial charge in [0.2, 0.25) is 5.90 Å². The summed E-state index contributed by atoms with van der Waals surface area (Å²) < 4.78 is 5.52. The summed E-state index contributed by atoms with van der Waals surface area (Å²) in [5.41, 5.74) is 5.75. The number of anilines is 3. The fourth-order valence-electron chi connectivity index (χ4n) is 3.43. The first-order valence-electron chi connectivity index (χ1n) is 10.5. The number of hydrogen-bond donors (Lipinski definition) is 2. The van der Waals surface area contributed by atoms with Crippen molar-refractivity contribution in [2.75, 3.05) is 23.8 Å². The summed E-state index contributed by atoms with van der Waals surface area (Å²) in [7, 11) is 0. The number of aliphatic imine (C=N–C) groups is 1. The molecule has 4 aromatic rings. The lowest BCUT2D eigenvalue weighted by Gasteiger charge is -2.11. The van der Waals surface area contributed by atoms with Crippen molar-refractivity contribution in [2.45, 2.75) is 6.92 Å². The molecule has 2 N–H and O–H groups in total. The predicted octanol–water partition coefficient (Wildman–Crippen LogP) is 5.29. The Morgan fingerprint density at radius 3 is 2.82 bits per heavy atom. The fourth-order valence-corrected chi connectivity index (χ4v) is 4.17. The molecular weight excluding hydrogens is 434 g/mol. The summed E-state index contributed by atoms with van der Waals surface area (Å²) in [6.07, 6.45) is 3.53. The summed E-state index contributed by atoms with van der Waals surface area (Å²) in [5, 5.41) is 9.04. The molecule has 0 aliphatic carbocycles. The average molecular weight is 456 g/mol. The molecule has 1 aliphatic rings. The third-order valence-corrected chi connectivity index (χ3v) is 5.91. The van der Waals surface area contributed by atoms with Gasteiger partial charge in [-0.05, 0) is 55.0 Å². The lowest BCUT2D eigenvalue weighted by molar-refractivity contribution is 0.102. The van der Waals surface area contributed by atoms with Gasteiger partial charge in [-0.2, -0.15) is 0 Å². The van der Waals surface area contributed by atoms with Crippen LogP contribution in [-0.2, 0) is 4.74 Å². The van der Waals surface area contributed by atoms with Crippen LogP contribution < -0.4 is 10.6 Å². The minimum atomic E-state index is -0.195. The van der Waals surface area contributed by atoms with Crippen LogP contribution in [0.25, 0.3) is 11.3 Å². The number of rotatable bonds is 6. The molecule has 7 nitrogen and oxygen atoms in total. The summed E-state index contributed by atoms with van der Waals surface area (Å²) in [6, 6.07) is 16.9. The highest BCUT2D eigenvalue weighted by atomic mass is 32.1. The van der Waals surface area contributed by atoms with E-state index in [-0.39, 0.29) is 5.91 Å². The molecule has 164 valence electrons. The van der Waals surface area contributed by atoms with Crippen LogP contribution in [0, 0.1) is 6.92 Å². The summed E-state index contributed by atoms with van der Waals surface area (Å²) >= 11 is 1.50. The third kappa shape index (κ3) is 4.75. The van der Waals surface area contributed by atoms with Crippen molar-refractivity contribution in [1.29, 1.82) is 0 Å². The maximum Gasteiger partial charge on any atom is 0.255 e. The number of benzene rings is 2. The third-order valence-electron chi connectivity index (χ3n) is 5.16. The van der Waals surface area contributed by atoms with Crippen molar-refractivity contribution >= 4 is 39.6 Å². The van der Waals surface area contributed by atoms with Crippen molar-refractivity contribution in [1.82, 2.24) is 9.97 Å². The van der Waals surface area contributed by atoms with Gasteiger partial charge in [-0.1, -0.05) is 12.1 Å². The van der Waals surface area contributed by atoms with E-state index in [1.807, 2.05) is 66.9 Å². The smallest absolute Gasteiger partial charge is 0.255 e. The predicted molar refractivity (Wildman–Crippen MR) is 132 cm³/mol. The van der Waals surface area contributed by atoms with Crippen LogP contribution in [0.15, 0.2) is 77.4 Å². The number of pyridine rings is 1. The number of hydrogen-bond acceptors (Lipinski definition) is 7. The van der Waals surface area contributed by atoms with Crippen LogP contribution in [0.4, 0.5) is 16.5 Å². The number of aromatic nitrogens is 2. The zero-order valence-corrected chi connectivity index (χ0v) is 18.7. The maximum atomic E-state index is 12.9. The first-order valence-corrected chi connectivity index (χ1v) is 11.4. The number of ether oxygens (including phenoxy) is 1. The highest BCUT2D eigenvalue weighted by molar-refractivity contribution is 7.14. The molecule has 0 spiro atoms. The van der Waals surface area contributed by atoms with Crippen molar-refractivity contribution in [3.05, 3.63) is 89.1 Å². The van der Waals surface area contributed by atoms with Crippen molar-refractivity contribution in [2.24, 2.45) is 4.99 Å². The second-order valence-corrected chi connectivity index (χ2v) is 8.36. The zero-order chi connectivity index (χ0) is 22.6. The second kappa shape index (κ2) is 9.22. The van der Waals surface area contributed by atoms with Crippen LogP contribution in [0.2, 0.25) is 0 Å². The average Bonchev–Trinajstić information content (AvgIpc) is 3.54. The van der Waals surface area contributed by atoms with Gasteiger partial charge in [0.15, 0.2) is 5.13 Å². The maximum absolute atomic E-state index is 12.9. The van der Waals surface area contributed by atoms with Crippen LogP contribution >= 0.6 is 11.3 Å². The highest BCUT2D eigenvalue weighted by Gasteiger charge is 2.13. The van der Waals surface area contributed by atoms with Gasteiger partial charge in [0.1, 0.15) is 6.61 Å². The molecule has 33 heavy (non-hydrogen) atoms. The molecule has 0 saturated carbocycles. The number of carbonyl (C=O) groups excluding carboxylic acids is 1. The molecule has 1 aliphatic heterocycles. The Morgan fingerprint density at radius 2 is 2.00 bits per heavy atom. The molecule has 8 heteroatoms. The van der Waals surface area contributed by atoms with E-state index >= 15 is 0 Å². The van der Waals surface area contributed by atoms with Gasteiger partial charge in [-0.15, -0.1) is 11.3 Å². The lowest BCUT2D eigenvalue weighted by Crippen LogP contribution is -2.13. The molecule has 2 aromatic carbocycles. The van der Waals surface area contributed by atoms with Crippen molar-refractivity contribution in [3.63, 3.8) is 0 Å². The zero-order valence-electron chi connectivity index (χ0n) is 17.9. The van der Waals surface area contributed by atoms with Crippen LogP contribution in [0.3, 0.4) is 0 Å². The van der Waals surface area contributed by atoms with Gasteiger partial charge in [-0.25, -0.2) is 9.98 Å². The van der Waals surface area contributed by atoms with Gasteiger partial charge in [0.25, 0.3) is 5.91 Å². The molecule has 1 amide bonds. The van der Waals surface area contributed by atoms with Gasteiger partial charge < -0.3 is 15.4 Å². The highest BCUT2D eigenvalue weighted by Crippen LogP contribution is 2.28. The minimum absolute atomic E-state index is 0.195. The first-order chi connectivity index (χ1) is 16.2.